The smallest absolute Gasteiger partial charge is 0.108 e. The van der Waals surface area contributed by atoms with Crippen LogP contribution >= 0.6 is 0 Å². The van der Waals surface area contributed by atoms with Gasteiger partial charge in [-0.2, -0.15) is 0 Å². The fourth-order valence-corrected chi connectivity index (χ4v) is 4.49. The third-order valence-electron chi connectivity index (χ3n) is 5.65. The highest BCUT2D eigenvalue weighted by Crippen LogP contribution is 2.44. The molecule has 0 unspecified atom stereocenters. The normalized spacial score (nSPS) is 36.0. The summed E-state index contributed by atoms with van der Waals surface area (Å²) in [6.45, 7) is 1.74. The van der Waals surface area contributed by atoms with Gasteiger partial charge in [0.25, 0.3) is 0 Å². The fraction of sp³-hybridized carbons (Fsp3) is 0.636. The molecule has 3 aliphatic carbocycles. The lowest BCUT2D eigenvalue weighted by Gasteiger charge is -2.39. The highest BCUT2D eigenvalue weighted by Gasteiger charge is 2.40. The average molecular weight is 314 g/mol. The molecule has 0 nitrogen and oxygen atoms in total. The van der Waals surface area contributed by atoms with Crippen molar-refractivity contribution in [2.75, 3.05) is 0 Å². The van der Waals surface area contributed by atoms with Crippen LogP contribution in [-0.2, 0) is 0 Å². The van der Waals surface area contributed by atoms with Gasteiger partial charge in [-0.15, -0.1) is 0 Å². The Bertz CT molecular complexity index is 504. The first kappa shape index (κ1) is 16.7. The Hall–Kier alpha value is -1.11. The SMILES string of the molecule is CC1(F)CC(CC2=CC/C=C(CC3CCCC3)\C=C\CC=C2)C1. The summed E-state index contributed by atoms with van der Waals surface area (Å²) in [6, 6.07) is 0. The summed E-state index contributed by atoms with van der Waals surface area (Å²) in [5.41, 5.74) is 2.02. The van der Waals surface area contributed by atoms with E-state index in [4.69, 9.17) is 0 Å². The third-order valence-corrected chi connectivity index (χ3v) is 5.65. The van der Waals surface area contributed by atoms with Crippen molar-refractivity contribution in [2.45, 2.75) is 76.8 Å². The summed E-state index contributed by atoms with van der Waals surface area (Å²) >= 11 is 0. The van der Waals surface area contributed by atoms with E-state index < -0.39 is 5.67 Å². The maximum absolute atomic E-state index is 13.7. The van der Waals surface area contributed by atoms with Gasteiger partial charge < -0.3 is 0 Å². The number of hydrogen-bond donors (Lipinski definition) is 0. The largest absolute Gasteiger partial charge is 0.244 e. The zero-order chi connectivity index (χ0) is 16.1. The summed E-state index contributed by atoms with van der Waals surface area (Å²) < 4.78 is 13.7. The molecule has 0 N–H and O–H groups in total. The molecule has 0 aliphatic heterocycles. The summed E-state index contributed by atoms with van der Waals surface area (Å²) in [7, 11) is 0. The molecule has 0 spiro atoms. The van der Waals surface area contributed by atoms with Gasteiger partial charge >= 0.3 is 0 Å². The van der Waals surface area contributed by atoms with E-state index in [0.29, 0.717) is 5.92 Å². The van der Waals surface area contributed by atoms with Crippen molar-refractivity contribution in [3.8, 4) is 0 Å². The number of halogens is 1. The van der Waals surface area contributed by atoms with Crippen molar-refractivity contribution >= 4 is 0 Å². The van der Waals surface area contributed by atoms with E-state index in [2.05, 4.69) is 36.5 Å². The van der Waals surface area contributed by atoms with E-state index in [-0.39, 0.29) is 0 Å². The number of hydrogen-bond acceptors (Lipinski definition) is 0. The number of rotatable bonds is 4. The van der Waals surface area contributed by atoms with Crippen molar-refractivity contribution < 1.29 is 4.39 Å². The van der Waals surface area contributed by atoms with Crippen LogP contribution in [0, 0.1) is 11.8 Å². The van der Waals surface area contributed by atoms with Crippen molar-refractivity contribution in [3.05, 3.63) is 47.6 Å². The molecule has 0 heterocycles. The molecule has 0 aromatic heterocycles. The van der Waals surface area contributed by atoms with E-state index in [9.17, 15) is 4.39 Å². The quantitative estimate of drug-likeness (QED) is 0.532. The summed E-state index contributed by atoms with van der Waals surface area (Å²) in [5, 5.41) is 0. The second kappa shape index (κ2) is 7.64. The van der Waals surface area contributed by atoms with E-state index >= 15 is 0 Å². The standard InChI is InChI=1S/C22H31F/c1-22(23)16-21(17-22)15-20-9-4-2-3-8-19(12-7-13-20)14-18-10-5-6-11-18/h3-4,8-9,12-13,18,21H,2,5-7,10-11,14-17H2,1H3/b8-3+,9-4?,19-12+,20-13?. The second-order valence-corrected chi connectivity index (χ2v) is 8.08. The maximum Gasteiger partial charge on any atom is 0.108 e. The molecule has 0 radical (unpaired) electrons. The minimum absolute atomic E-state index is 0.543. The molecule has 1 heteroatoms. The lowest BCUT2D eigenvalue weighted by molar-refractivity contribution is 0.0261. The molecule has 126 valence electrons. The van der Waals surface area contributed by atoms with Crippen LogP contribution in [0.25, 0.3) is 0 Å². The lowest BCUT2D eigenvalue weighted by Crippen LogP contribution is -2.36. The highest BCUT2D eigenvalue weighted by molar-refractivity contribution is 5.27. The molecule has 0 bridgehead atoms. The zero-order valence-electron chi connectivity index (χ0n) is 14.6. The fourth-order valence-electron chi connectivity index (χ4n) is 4.49. The molecule has 2 saturated carbocycles. The molecule has 3 aliphatic rings. The van der Waals surface area contributed by atoms with E-state index in [1.807, 2.05) is 0 Å². The van der Waals surface area contributed by atoms with Crippen LogP contribution in [0.2, 0.25) is 0 Å². The van der Waals surface area contributed by atoms with Crippen LogP contribution < -0.4 is 0 Å². The van der Waals surface area contributed by atoms with Gasteiger partial charge in [-0.1, -0.05) is 73.3 Å². The van der Waals surface area contributed by atoms with Crippen LogP contribution in [0.4, 0.5) is 4.39 Å². The number of alkyl halides is 1. The first-order valence-electron chi connectivity index (χ1n) is 9.51. The Balaban J connectivity index is 1.57. The third kappa shape index (κ3) is 5.19. The zero-order valence-corrected chi connectivity index (χ0v) is 14.6. The lowest BCUT2D eigenvalue weighted by atomic mass is 9.71. The predicted molar refractivity (Wildman–Crippen MR) is 97.1 cm³/mol. The molecule has 0 saturated heterocycles. The highest BCUT2D eigenvalue weighted by atomic mass is 19.1. The second-order valence-electron chi connectivity index (χ2n) is 8.08. The van der Waals surface area contributed by atoms with Crippen LogP contribution in [0.3, 0.4) is 0 Å². The first-order valence-corrected chi connectivity index (χ1v) is 9.51. The van der Waals surface area contributed by atoms with Crippen molar-refractivity contribution in [3.63, 3.8) is 0 Å². The van der Waals surface area contributed by atoms with Gasteiger partial charge in [0.2, 0.25) is 0 Å². The van der Waals surface area contributed by atoms with Crippen LogP contribution in [0.1, 0.15) is 71.1 Å². The van der Waals surface area contributed by atoms with Crippen LogP contribution in [-0.4, -0.2) is 5.67 Å². The monoisotopic (exact) mass is 314 g/mol. The molecule has 0 aromatic carbocycles. The summed E-state index contributed by atoms with van der Waals surface area (Å²) in [4.78, 5) is 0. The van der Waals surface area contributed by atoms with Crippen molar-refractivity contribution in [1.29, 1.82) is 0 Å². The molecular weight excluding hydrogens is 283 g/mol. The Kier molecular flexibility index (Phi) is 5.56. The molecule has 0 atom stereocenters. The molecular formula is C22H31F. The van der Waals surface area contributed by atoms with Gasteiger partial charge in [-0.05, 0) is 57.3 Å². The maximum atomic E-state index is 13.7. The molecule has 2 fully saturated rings. The van der Waals surface area contributed by atoms with Gasteiger partial charge in [-0.3, -0.25) is 0 Å². The van der Waals surface area contributed by atoms with Crippen molar-refractivity contribution in [1.82, 2.24) is 0 Å². The minimum atomic E-state index is -0.901. The Morgan fingerprint density at radius 2 is 1.48 bits per heavy atom. The minimum Gasteiger partial charge on any atom is -0.244 e. The molecule has 0 amide bonds. The van der Waals surface area contributed by atoms with Crippen LogP contribution in [0.15, 0.2) is 47.6 Å². The molecule has 23 heavy (non-hydrogen) atoms. The van der Waals surface area contributed by atoms with Gasteiger partial charge in [0, 0.05) is 0 Å². The average Bonchev–Trinajstić information content (AvgIpc) is 2.97. The molecule has 3 rings (SSSR count). The predicted octanol–water partition coefficient (Wildman–Crippen LogP) is 6.85. The van der Waals surface area contributed by atoms with E-state index in [0.717, 1.165) is 38.0 Å². The van der Waals surface area contributed by atoms with Gasteiger partial charge in [0.05, 0.1) is 0 Å². The summed E-state index contributed by atoms with van der Waals surface area (Å²) in [6.07, 6.45) is 25.4. The van der Waals surface area contributed by atoms with Gasteiger partial charge in [0.15, 0.2) is 0 Å². The summed E-state index contributed by atoms with van der Waals surface area (Å²) in [5.74, 6) is 1.45. The van der Waals surface area contributed by atoms with Crippen LogP contribution in [0.5, 0.6) is 0 Å². The van der Waals surface area contributed by atoms with E-state index in [1.54, 1.807) is 6.92 Å². The van der Waals surface area contributed by atoms with E-state index in [1.165, 1.54) is 43.3 Å². The Labute approximate surface area is 141 Å². The number of allylic oxidation sites excluding steroid dienone is 8. The first-order chi connectivity index (χ1) is 11.1. The Morgan fingerprint density at radius 3 is 2.04 bits per heavy atom. The van der Waals surface area contributed by atoms with Gasteiger partial charge in [0.1, 0.15) is 5.67 Å². The van der Waals surface area contributed by atoms with Crippen molar-refractivity contribution in [2.24, 2.45) is 11.8 Å². The topological polar surface area (TPSA) is 0 Å². The van der Waals surface area contributed by atoms with Gasteiger partial charge in [-0.25, -0.2) is 4.39 Å². The Morgan fingerprint density at radius 1 is 0.913 bits per heavy atom. The molecule has 0 aromatic rings.